The summed E-state index contributed by atoms with van der Waals surface area (Å²) in [5.41, 5.74) is 2.32. The van der Waals surface area contributed by atoms with Crippen LogP contribution in [-0.4, -0.2) is 24.5 Å². The van der Waals surface area contributed by atoms with Gasteiger partial charge in [0, 0.05) is 19.2 Å². The van der Waals surface area contributed by atoms with Crippen molar-refractivity contribution < 1.29 is 4.42 Å². The van der Waals surface area contributed by atoms with E-state index < -0.39 is 0 Å². The average Bonchev–Trinajstić information content (AvgIpc) is 3.06. The molecule has 5 heteroatoms. The summed E-state index contributed by atoms with van der Waals surface area (Å²) in [6.45, 7) is 3.85. The summed E-state index contributed by atoms with van der Waals surface area (Å²) >= 11 is 0. The third kappa shape index (κ3) is 3.78. The Kier molecular flexibility index (Phi) is 5.18. The normalized spacial score (nSPS) is 16.5. The van der Waals surface area contributed by atoms with E-state index in [1.165, 1.54) is 25.7 Å². The molecular weight excluding hydrogens is 300 g/mol. The fourth-order valence-corrected chi connectivity index (χ4v) is 3.10. The van der Waals surface area contributed by atoms with Crippen LogP contribution in [0.25, 0.3) is 11.5 Å². The molecule has 0 bridgehead atoms. The van der Waals surface area contributed by atoms with Crippen LogP contribution in [0.2, 0.25) is 0 Å². The lowest BCUT2D eigenvalue weighted by Crippen LogP contribution is -2.46. The Morgan fingerprint density at radius 2 is 2.04 bits per heavy atom. The van der Waals surface area contributed by atoms with Crippen molar-refractivity contribution in [3.63, 3.8) is 0 Å². The molecule has 1 aliphatic rings. The number of nitrogens with one attached hydrogen (secondary N) is 2. The van der Waals surface area contributed by atoms with Crippen molar-refractivity contribution in [2.24, 2.45) is 10.4 Å². The fourth-order valence-electron chi connectivity index (χ4n) is 3.10. The number of guanidine groups is 1. The third-order valence-electron chi connectivity index (χ3n) is 5.03. The minimum absolute atomic E-state index is 0.464. The maximum atomic E-state index is 5.56. The molecule has 128 valence electrons. The second-order valence-corrected chi connectivity index (χ2v) is 6.50. The number of benzene rings is 1. The molecule has 1 aromatic heterocycles. The van der Waals surface area contributed by atoms with Crippen molar-refractivity contribution in [3.05, 3.63) is 42.3 Å². The van der Waals surface area contributed by atoms with Gasteiger partial charge in [-0.3, -0.25) is 4.99 Å². The first-order valence-electron chi connectivity index (χ1n) is 8.69. The number of nitrogens with zero attached hydrogens (tertiary/aromatic N) is 2. The van der Waals surface area contributed by atoms with Crippen molar-refractivity contribution in [2.75, 3.05) is 13.6 Å². The molecule has 1 saturated carbocycles. The van der Waals surface area contributed by atoms with Gasteiger partial charge in [-0.15, -0.1) is 0 Å². The zero-order valence-electron chi connectivity index (χ0n) is 14.5. The quantitative estimate of drug-likeness (QED) is 0.629. The molecule has 1 fully saturated rings. The van der Waals surface area contributed by atoms with Crippen LogP contribution in [0.3, 0.4) is 0 Å². The highest BCUT2D eigenvalue weighted by Gasteiger charge is 2.34. The molecule has 3 rings (SSSR count). The summed E-state index contributed by atoms with van der Waals surface area (Å²) in [4.78, 5) is 8.83. The number of hydrogen-bond acceptors (Lipinski definition) is 3. The second-order valence-electron chi connectivity index (χ2n) is 6.50. The van der Waals surface area contributed by atoms with E-state index in [2.05, 4.69) is 27.5 Å². The first kappa shape index (κ1) is 16.6. The van der Waals surface area contributed by atoms with E-state index in [0.717, 1.165) is 23.8 Å². The predicted octanol–water partition coefficient (Wildman–Crippen LogP) is 3.59. The molecule has 1 aromatic carbocycles. The van der Waals surface area contributed by atoms with Crippen LogP contribution in [0.4, 0.5) is 0 Å². The Labute approximate surface area is 143 Å². The van der Waals surface area contributed by atoms with Crippen LogP contribution in [0.5, 0.6) is 0 Å². The smallest absolute Gasteiger partial charge is 0.226 e. The third-order valence-corrected chi connectivity index (χ3v) is 5.03. The van der Waals surface area contributed by atoms with E-state index in [1.807, 2.05) is 30.3 Å². The lowest BCUT2D eigenvalue weighted by Gasteiger charge is -2.41. The van der Waals surface area contributed by atoms with Gasteiger partial charge in [-0.25, -0.2) is 4.98 Å². The standard InChI is InChI=1S/C19H26N4O/c1-3-19(10-7-11-19)14-22-18(20-2)21-12-16-13-24-17(23-16)15-8-5-4-6-9-15/h4-6,8-9,13H,3,7,10-12,14H2,1-2H3,(H2,20,21,22). The molecule has 0 amide bonds. The molecule has 2 N–H and O–H groups in total. The van der Waals surface area contributed by atoms with Crippen LogP contribution in [0, 0.1) is 5.41 Å². The molecular formula is C19H26N4O. The second kappa shape index (κ2) is 7.51. The van der Waals surface area contributed by atoms with Crippen molar-refractivity contribution in [3.8, 4) is 11.5 Å². The first-order valence-corrected chi connectivity index (χ1v) is 8.69. The monoisotopic (exact) mass is 326 g/mol. The van der Waals surface area contributed by atoms with Crippen LogP contribution >= 0.6 is 0 Å². The van der Waals surface area contributed by atoms with Crippen molar-refractivity contribution >= 4 is 5.96 Å². The Bertz CT molecular complexity index is 668. The van der Waals surface area contributed by atoms with Crippen molar-refractivity contribution in [1.82, 2.24) is 15.6 Å². The molecule has 0 radical (unpaired) electrons. The van der Waals surface area contributed by atoms with Gasteiger partial charge in [-0.1, -0.05) is 31.5 Å². The lowest BCUT2D eigenvalue weighted by atomic mass is 9.67. The summed E-state index contributed by atoms with van der Waals surface area (Å²) in [5.74, 6) is 1.47. The highest BCUT2D eigenvalue weighted by molar-refractivity contribution is 5.79. The largest absolute Gasteiger partial charge is 0.444 e. The maximum absolute atomic E-state index is 5.56. The van der Waals surface area contributed by atoms with Crippen molar-refractivity contribution in [2.45, 2.75) is 39.2 Å². The Morgan fingerprint density at radius 1 is 1.25 bits per heavy atom. The van der Waals surface area contributed by atoms with E-state index in [4.69, 9.17) is 4.42 Å². The number of hydrogen-bond donors (Lipinski definition) is 2. The molecule has 2 aromatic rings. The van der Waals surface area contributed by atoms with Gasteiger partial charge in [0.2, 0.25) is 5.89 Å². The number of oxazole rings is 1. The fraction of sp³-hybridized carbons (Fsp3) is 0.474. The Hall–Kier alpha value is -2.30. The van der Waals surface area contributed by atoms with Gasteiger partial charge in [0.15, 0.2) is 5.96 Å². The molecule has 1 heterocycles. The van der Waals surface area contributed by atoms with Gasteiger partial charge in [0.1, 0.15) is 6.26 Å². The molecule has 5 nitrogen and oxygen atoms in total. The predicted molar refractivity (Wildman–Crippen MR) is 96.7 cm³/mol. The Balaban J connectivity index is 1.52. The van der Waals surface area contributed by atoms with E-state index in [-0.39, 0.29) is 0 Å². The van der Waals surface area contributed by atoms with Crippen LogP contribution in [0.1, 0.15) is 38.3 Å². The molecule has 0 saturated heterocycles. The molecule has 0 atom stereocenters. The number of rotatable bonds is 6. The van der Waals surface area contributed by atoms with Gasteiger partial charge in [-0.05, 0) is 36.8 Å². The summed E-state index contributed by atoms with van der Waals surface area (Å²) in [5, 5.41) is 6.76. The van der Waals surface area contributed by atoms with E-state index in [0.29, 0.717) is 17.9 Å². The van der Waals surface area contributed by atoms with Crippen molar-refractivity contribution in [1.29, 1.82) is 0 Å². The summed E-state index contributed by atoms with van der Waals surface area (Å²) in [7, 11) is 1.80. The summed E-state index contributed by atoms with van der Waals surface area (Å²) in [6.07, 6.45) is 6.90. The van der Waals surface area contributed by atoms with Gasteiger partial charge in [0.05, 0.1) is 12.2 Å². The van der Waals surface area contributed by atoms with Crippen LogP contribution in [0.15, 0.2) is 46.0 Å². The van der Waals surface area contributed by atoms with E-state index in [9.17, 15) is 0 Å². The van der Waals surface area contributed by atoms with E-state index in [1.54, 1.807) is 13.3 Å². The minimum atomic E-state index is 0.464. The highest BCUT2D eigenvalue weighted by atomic mass is 16.3. The van der Waals surface area contributed by atoms with E-state index >= 15 is 0 Å². The summed E-state index contributed by atoms with van der Waals surface area (Å²) in [6, 6.07) is 9.93. The van der Waals surface area contributed by atoms with Crippen LogP contribution < -0.4 is 10.6 Å². The zero-order valence-corrected chi connectivity index (χ0v) is 14.5. The van der Waals surface area contributed by atoms with Gasteiger partial charge in [0.25, 0.3) is 0 Å². The summed E-state index contributed by atoms with van der Waals surface area (Å²) < 4.78 is 5.56. The highest BCUT2D eigenvalue weighted by Crippen LogP contribution is 2.42. The molecule has 24 heavy (non-hydrogen) atoms. The Morgan fingerprint density at radius 3 is 2.67 bits per heavy atom. The van der Waals surface area contributed by atoms with Crippen LogP contribution in [-0.2, 0) is 6.54 Å². The molecule has 0 unspecified atom stereocenters. The van der Waals surface area contributed by atoms with Gasteiger partial charge in [-0.2, -0.15) is 0 Å². The zero-order chi connectivity index (χ0) is 16.8. The lowest BCUT2D eigenvalue weighted by molar-refractivity contribution is 0.131. The average molecular weight is 326 g/mol. The number of aliphatic imine (C=N–C) groups is 1. The first-order chi connectivity index (χ1) is 11.7. The molecule has 0 aliphatic heterocycles. The van der Waals surface area contributed by atoms with Gasteiger partial charge >= 0.3 is 0 Å². The minimum Gasteiger partial charge on any atom is -0.444 e. The topological polar surface area (TPSA) is 62.5 Å². The maximum Gasteiger partial charge on any atom is 0.226 e. The molecule has 0 spiro atoms. The molecule has 1 aliphatic carbocycles. The van der Waals surface area contributed by atoms with Gasteiger partial charge < -0.3 is 15.1 Å². The number of aromatic nitrogens is 1. The SMILES string of the molecule is CCC1(CNC(=NC)NCc2coc(-c3ccccc3)n2)CCC1.